The zero-order valence-electron chi connectivity index (χ0n) is 15.1. The Morgan fingerprint density at radius 1 is 1.14 bits per heavy atom. The van der Waals surface area contributed by atoms with Gasteiger partial charge in [0.25, 0.3) is 5.91 Å². The van der Waals surface area contributed by atoms with Crippen LogP contribution in [0.2, 0.25) is 0 Å². The molecule has 0 saturated heterocycles. The number of aromatic nitrogens is 1. The summed E-state index contributed by atoms with van der Waals surface area (Å²) >= 11 is 0.741. The van der Waals surface area contributed by atoms with Crippen molar-refractivity contribution in [3.63, 3.8) is 0 Å². The van der Waals surface area contributed by atoms with Crippen molar-refractivity contribution in [1.29, 1.82) is 0 Å². The molecule has 0 radical (unpaired) electrons. The van der Waals surface area contributed by atoms with Crippen LogP contribution in [0.5, 0.6) is 5.88 Å². The number of hydrogen-bond acceptors (Lipinski definition) is 4. The summed E-state index contributed by atoms with van der Waals surface area (Å²) in [5.41, 5.74) is 1.71. The first kappa shape index (κ1) is 18.3. The van der Waals surface area contributed by atoms with Crippen LogP contribution in [0.3, 0.4) is 0 Å². The number of nitrogens with zero attached hydrogens (tertiary/aromatic N) is 2. The summed E-state index contributed by atoms with van der Waals surface area (Å²) in [6.07, 6.45) is 3.12. The second kappa shape index (κ2) is 7.16. The summed E-state index contributed by atoms with van der Waals surface area (Å²) in [6, 6.07) is 11.2. The molecule has 1 amide bonds. The first-order chi connectivity index (χ1) is 13.5. The fourth-order valence-electron chi connectivity index (χ4n) is 3.26. The maximum absolute atomic E-state index is 13.7. The van der Waals surface area contributed by atoms with Crippen LogP contribution in [-0.4, -0.2) is 15.6 Å². The van der Waals surface area contributed by atoms with Crippen LogP contribution in [0.1, 0.15) is 30.2 Å². The molecule has 0 fully saturated rings. The number of carbonyl (C=O) groups excluding carboxylic acids is 1. The predicted octanol–water partition coefficient (Wildman–Crippen LogP) is 2.45. The molecule has 7 heteroatoms. The summed E-state index contributed by atoms with van der Waals surface area (Å²) < 4.78 is 14.8. The highest BCUT2D eigenvalue weighted by atomic mass is 32.1. The number of hydrogen-bond donors (Lipinski definition) is 1. The second-order valence-electron chi connectivity index (χ2n) is 6.58. The van der Waals surface area contributed by atoms with E-state index in [1.54, 1.807) is 12.1 Å². The van der Waals surface area contributed by atoms with Gasteiger partial charge in [0.1, 0.15) is 10.7 Å². The fraction of sp³-hybridized carbons (Fsp3) is 0.190. The first-order valence-electron chi connectivity index (χ1n) is 8.97. The maximum Gasteiger partial charge on any atom is 0.315 e. The molecular weight excluding hydrogens is 379 g/mol. The average Bonchev–Trinajstić information content (AvgIpc) is 3.15. The van der Waals surface area contributed by atoms with E-state index in [-0.39, 0.29) is 21.5 Å². The summed E-state index contributed by atoms with van der Waals surface area (Å²) in [5.74, 6) is -1.46. The van der Waals surface area contributed by atoms with Gasteiger partial charge < -0.3 is 5.11 Å². The van der Waals surface area contributed by atoms with Crippen LogP contribution in [0.25, 0.3) is 11.3 Å². The van der Waals surface area contributed by atoms with E-state index in [1.165, 1.54) is 18.2 Å². The molecule has 1 aliphatic rings. The van der Waals surface area contributed by atoms with Gasteiger partial charge in [-0.25, -0.2) is 13.9 Å². The van der Waals surface area contributed by atoms with E-state index in [4.69, 9.17) is 0 Å². The third-order valence-corrected chi connectivity index (χ3v) is 5.64. The molecule has 2 aromatic carbocycles. The average molecular weight is 396 g/mol. The van der Waals surface area contributed by atoms with Gasteiger partial charge in [-0.2, -0.15) is 0 Å². The van der Waals surface area contributed by atoms with Crippen LogP contribution in [-0.2, 0) is 11.2 Å². The van der Waals surface area contributed by atoms with E-state index in [9.17, 15) is 19.1 Å². The fourth-order valence-corrected chi connectivity index (χ4v) is 4.20. The summed E-state index contributed by atoms with van der Waals surface area (Å²) in [7, 11) is 0. The van der Waals surface area contributed by atoms with E-state index in [0.717, 1.165) is 40.7 Å². The number of fused-ring (bicyclic) bond motifs is 1. The van der Waals surface area contributed by atoms with Crippen molar-refractivity contribution < 1.29 is 14.3 Å². The Kier molecular flexibility index (Phi) is 4.68. The van der Waals surface area contributed by atoms with Gasteiger partial charge in [0.15, 0.2) is 0 Å². The molecule has 3 aromatic rings. The monoisotopic (exact) mass is 396 g/mol. The highest BCUT2D eigenvalue weighted by Crippen LogP contribution is 2.30. The number of aromatic hydroxyl groups is 1. The van der Waals surface area contributed by atoms with Crippen molar-refractivity contribution in [2.45, 2.75) is 26.2 Å². The standard InChI is InChI=1S/C21H17FN2O3S/c1-2-3-4-12-5-8-14(9-6-12)24-20(26)18(28-21(24)27)17-15-11-13(22)7-10-16(15)23-19(17)25/h5-11,26H,2-4H2,1H3. The molecule has 5 nitrogen and oxygen atoms in total. The van der Waals surface area contributed by atoms with Gasteiger partial charge in [0.2, 0.25) is 5.88 Å². The minimum absolute atomic E-state index is 0.0485. The Hall–Kier alpha value is -3.06. The van der Waals surface area contributed by atoms with Gasteiger partial charge in [-0.05, 0) is 48.7 Å². The molecule has 2 heterocycles. The molecule has 0 bridgehead atoms. The lowest BCUT2D eigenvalue weighted by molar-refractivity contribution is -0.112. The Morgan fingerprint density at radius 3 is 2.61 bits per heavy atom. The third kappa shape index (κ3) is 3.07. The van der Waals surface area contributed by atoms with Gasteiger partial charge in [0.05, 0.1) is 16.6 Å². The van der Waals surface area contributed by atoms with Crippen molar-refractivity contribution in [3.05, 3.63) is 79.0 Å². The predicted molar refractivity (Wildman–Crippen MR) is 105 cm³/mol. The largest absolute Gasteiger partial charge is 0.493 e. The molecule has 0 saturated carbocycles. The molecule has 0 spiro atoms. The van der Waals surface area contributed by atoms with Crippen molar-refractivity contribution in [3.8, 4) is 11.6 Å². The van der Waals surface area contributed by atoms with Crippen molar-refractivity contribution in [2.24, 2.45) is 4.99 Å². The van der Waals surface area contributed by atoms with Crippen LogP contribution < -0.4 is 15.4 Å². The van der Waals surface area contributed by atoms with Gasteiger partial charge >= 0.3 is 4.87 Å². The normalized spacial score (nSPS) is 12.9. The quantitative estimate of drug-likeness (QED) is 0.720. The minimum atomic E-state index is -0.598. The SMILES string of the molecule is CCCCc1ccc(-n2c(O)c(C3=c4cc(F)ccc4=NC3=O)sc2=O)cc1. The molecule has 0 aliphatic carbocycles. The van der Waals surface area contributed by atoms with E-state index in [2.05, 4.69) is 11.9 Å². The summed E-state index contributed by atoms with van der Waals surface area (Å²) in [6.45, 7) is 2.12. The number of aryl methyl sites for hydroxylation is 1. The Balaban J connectivity index is 1.83. The smallest absolute Gasteiger partial charge is 0.315 e. The van der Waals surface area contributed by atoms with Gasteiger partial charge in [-0.1, -0.05) is 36.8 Å². The van der Waals surface area contributed by atoms with Crippen LogP contribution in [0, 0.1) is 5.82 Å². The molecular formula is C21H17FN2O3S. The van der Waals surface area contributed by atoms with Crippen LogP contribution in [0.15, 0.2) is 52.3 Å². The molecule has 142 valence electrons. The van der Waals surface area contributed by atoms with Crippen LogP contribution in [0.4, 0.5) is 4.39 Å². The highest BCUT2D eigenvalue weighted by Gasteiger charge is 2.26. The van der Waals surface area contributed by atoms with Crippen molar-refractivity contribution in [1.82, 2.24) is 4.57 Å². The highest BCUT2D eigenvalue weighted by molar-refractivity contribution is 7.11. The molecule has 4 rings (SSSR count). The summed E-state index contributed by atoms with van der Waals surface area (Å²) in [4.78, 5) is 28.5. The van der Waals surface area contributed by atoms with Crippen LogP contribution >= 0.6 is 11.3 Å². The third-order valence-electron chi connectivity index (χ3n) is 4.69. The lowest BCUT2D eigenvalue weighted by Gasteiger charge is -2.06. The maximum atomic E-state index is 13.7. The van der Waals surface area contributed by atoms with Crippen molar-refractivity contribution >= 4 is 22.8 Å². The number of halogens is 1. The minimum Gasteiger partial charge on any atom is -0.493 e. The van der Waals surface area contributed by atoms with Crippen molar-refractivity contribution in [2.75, 3.05) is 0 Å². The van der Waals surface area contributed by atoms with E-state index >= 15 is 0 Å². The number of benzene rings is 2. The van der Waals surface area contributed by atoms with Gasteiger partial charge in [-0.3, -0.25) is 9.59 Å². The zero-order valence-corrected chi connectivity index (χ0v) is 15.9. The second-order valence-corrected chi connectivity index (χ2v) is 7.54. The Labute approximate surface area is 163 Å². The molecule has 1 N–H and O–H groups in total. The zero-order chi connectivity index (χ0) is 19.8. The van der Waals surface area contributed by atoms with Gasteiger partial charge in [0, 0.05) is 5.22 Å². The molecule has 1 aromatic heterocycles. The number of carbonyl (C=O) groups is 1. The molecule has 0 atom stereocenters. The van der Waals surface area contributed by atoms with E-state index < -0.39 is 16.6 Å². The molecule has 28 heavy (non-hydrogen) atoms. The molecule has 0 unspecified atom stereocenters. The Bertz CT molecular complexity index is 1260. The number of rotatable bonds is 5. The van der Waals surface area contributed by atoms with Gasteiger partial charge in [-0.15, -0.1) is 0 Å². The number of amides is 1. The number of thiazole rings is 1. The first-order valence-corrected chi connectivity index (χ1v) is 9.78. The lowest BCUT2D eigenvalue weighted by Crippen LogP contribution is -2.23. The molecule has 1 aliphatic heterocycles. The topological polar surface area (TPSA) is 71.7 Å². The number of unbranched alkanes of at least 4 members (excludes halogenated alkanes) is 1. The van der Waals surface area contributed by atoms with E-state index in [0.29, 0.717) is 11.0 Å². The lowest BCUT2D eigenvalue weighted by atomic mass is 10.1. The Morgan fingerprint density at radius 2 is 1.89 bits per heavy atom. The van der Waals surface area contributed by atoms with E-state index in [1.807, 2.05) is 12.1 Å². The summed E-state index contributed by atoms with van der Waals surface area (Å²) in [5, 5.41) is 11.3.